The minimum atomic E-state index is -1.53. The maximum atomic E-state index is 13.6. The number of hydrogen-bond acceptors (Lipinski definition) is 15. The number of carboxylic acid groups (broad SMARTS) is 7. The third-order valence-electron chi connectivity index (χ3n) is 13.6. The van der Waals surface area contributed by atoms with Crippen LogP contribution in [0, 0.1) is 0 Å². The minimum Gasteiger partial charge on any atom is -0.481 e. The maximum absolute atomic E-state index is 13.6. The molecule has 1 saturated heterocycles. The first-order chi connectivity index (χ1) is 40.0. The van der Waals surface area contributed by atoms with Gasteiger partial charge >= 0.3 is 47.8 Å². The van der Waals surface area contributed by atoms with Crippen LogP contribution in [0.25, 0.3) is 0 Å². The van der Waals surface area contributed by atoms with E-state index in [0.717, 1.165) is 11.1 Å². The number of anilines is 1. The molecule has 0 radical (unpaired) electrons. The lowest BCUT2D eigenvalue weighted by Crippen LogP contribution is -2.51. The molecule has 2 aromatic carbocycles. The van der Waals surface area contributed by atoms with Crippen molar-refractivity contribution in [2.45, 2.75) is 133 Å². The van der Waals surface area contributed by atoms with Crippen LogP contribution in [-0.2, 0) is 60.8 Å². The zero-order chi connectivity index (χ0) is 62.0. The number of benzene rings is 2. The predicted molar refractivity (Wildman–Crippen MR) is 307 cm³/mol. The molecule has 1 aliphatic rings. The molecule has 1 fully saturated rings. The Morgan fingerprint density at radius 3 is 1.58 bits per heavy atom. The Bertz CT molecular complexity index is 2510. The summed E-state index contributed by atoms with van der Waals surface area (Å²) in [5, 5.41) is 84.8. The SMILES string of the molecule is O=C(O)CCC(NC(=O)NC(CCCCNC(=O)CCCCCCC(=O)NC(CCCCNC(=O)C(Cc1ccccc1)NC(=S)Nc1ccc(CC2CN(CC(=O)O)CCN(CC(=O)O)CCN2CC(=O)O)cc1)C(=O)O)C(=O)O)C(=O)O. The predicted octanol–water partition coefficient (Wildman–Crippen LogP) is 1.22. The summed E-state index contributed by atoms with van der Waals surface area (Å²) in [6.45, 7) is 0.865. The van der Waals surface area contributed by atoms with Crippen molar-refractivity contribution in [2.75, 3.05) is 70.8 Å². The smallest absolute Gasteiger partial charge is 0.326 e. The molecule has 1 aliphatic heterocycles. The highest BCUT2D eigenvalue weighted by molar-refractivity contribution is 7.80. The number of amides is 5. The molecule has 5 atom stereocenters. The number of urea groups is 1. The minimum absolute atomic E-state index is 0.0187. The molecule has 3 rings (SSSR count). The maximum Gasteiger partial charge on any atom is 0.326 e. The third kappa shape index (κ3) is 30.3. The van der Waals surface area contributed by atoms with Crippen molar-refractivity contribution in [3.63, 3.8) is 0 Å². The number of nitrogens with one attached hydrogen (secondary N) is 7. The number of carbonyl (C=O) groups excluding carboxylic acids is 4. The van der Waals surface area contributed by atoms with Gasteiger partial charge < -0.3 is 73.0 Å². The van der Waals surface area contributed by atoms with Gasteiger partial charge in [-0.3, -0.25) is 48.3 Å². The number of carboxylic acids is 7. The number of rotatable bonds is 39. The van der Waals surface area contributed by atoms with Gasteiger partial charge in [-0.15, -0.1) is 0 Å². The van der Waals surface area contributed by atoms with Gasteiger partial charge in [-0.2, -0.15) is 0 Å². The fourth-order valence-electron chi connectivity index (χ4n) is 9.18. The summed E-state index contributed by atoms with van der Waals surface area (Å²) in [6.07, 6.45) is 3.76. The monoisotopic (exact) mass is 1200 g/mol. The first kappa shape index (κ1) is 70.2. The van der Waals surface area contributed by atoms with Crippen molar-refractivity contribution in [3.05, 3.63) is 65.7 Å². The molecular weight excluding hydrogens is 1120 g/mol. The average molecular weight is 1200 g/mol. The molecule has 5 unspecified atom stereocenters. The third-order valence-corrected chi connectivity index (χ3v) is 13.8. The second-order valence-electron chi connectivity index (χ2n) is 20.4. The fraction of sp³-hybridized carbons (Fsp3) is 0.564. The highest BCUT2D eigenvalue weighted by Gasteiger charge is 2.29. The Morgan fingerprint density at radius 2 is 1.01 bits per heavy atom. The average Bonchev–Trinajstić information content (AvgIpc) is 3.72. The fourth-order valence-corrected chi connectivity index (χ4v) is 9.44. The van der Waals surface area contributed by atoms with Crippen LogP contribution in [0.5, 0.6) is 0 Å². The summed E-state index contributed by atoms with van der Waals surface area (Å²) < 4.78 is 0. The van der Waals surface area contributed by atoms with Gasteiger partial charge in [0.2, 0.25) is 17.7 Å². The second-order valence-corrected chi connectivity index (χ2v) is 20.8. The van der Waals surface area contributed by atoms with Gasteiger partial charge in [0, 0.05) is 83.2 Å². The summed E-state index contributed by atoms with van der Waals surface area (Å²) in [5.41, 5.74) is 2.26. The van der Waals surface area contributed by atoms with Crippen LogP contribution in [0.4, 0.5) is 10.5 Å². The quantitative estimate of drug-likeness (QED) is 0.0330. The Kier molecular flexibility index (Phi) is 32.4. The molecule has 2 aromatic rings. The number of carbonyl (C=O) groups is 11. The van der Waals surface area contributed by atoms with E-state index in [4.69, 9.17) is 17.3 Å². The Labute approximate surface area is 491 Å². The van der Waals surface area contributed by atoms with E-state index in [1.807, 2.05) is 42.5 Å². The van der Waals surface area contributed by atoms with E-state index in [1.165, 1.54) is 0 Å². The summed E-state index contributed by atoms with van der Waals surface area (Å²) in [4.78, 5) is 137. The van der Waals surface area contributed by atoms with Crippen LogP contribution >= 0.6 is 12.2 Å². The van der Waals surface area contributed by atoms with Crippen molar-refractivity contribution < 1.29 is 88.5 Å². The van der Waals surface area contributed by atoms with E-state index in [2.05, 4.69) is 37.2 Å². The molecule has 14 N–H and O–H groups in total. The molecule has 464 valence electrons. The second kappa shape index (κ2) is 38.7. The molecule has 5 amide bonds. The number of aliphatic carboxylic acids is 7. The topological polar surface area (TPSA) is 423 Å². The Balaban J connectivity index is 1.40. The number of thiocarbonyl (C=S) groups is 1. The normalized spacial score (nSPS) is 15.4. The van der Waals surface area contributed by atoms with Crippen molar-refractivity contribution in [3.8, 4) is 0 Å². The van der Waals surface area contributed by atoms with E-state index in [-0.39, 0.29) is 108 Å². The van der Waals surface area contributed by atoms with Crippen molar-refractivity contribution in [1.29, 1.82) is 0 Å². The summed E-state index contributed by atoms with van der Waals surface area (Å²) >= 11 is 5.64. The molecule has 0 spiro atoms. The molecular formula is C55H80N10O18S. The van der Waals surface area contributed by atoms with E-state index in [1.54, 1.807) is 26.8 Å². The molecule has 1 heterocycles. The van der Waals surface area contributed by atoms with Gasteiger partial charge in [-0.1, -0.05) is 55.3 Å². The lowest BCUT2D eigenvalue weighted by atomic mass is 10.0. The first-order valence-electron chi connectivity index (χ1n) is 27.8. The van der Waals surface area contributed by atoms with Crippen LogP contribution in [0.2, 0.25) is 0 Å². The standard InChI is InChI=1S/C55H80N10O18S/c66-44(56-24-10-8-15-41(52(79)80)60-54(83)61-42(53(81)82)22-23-46(68)69)16-6-1-2-7-17-45(67)59-40(51(77)78)14-9-11-25-57-50(76)43(31-36-12-4-3-5-13-36)62-55(84)58-38-20-18-37(19-21-38)30-39-32-64(34-48(72)73)27-26-63(33-47(70)71)28-29-65(39)35-49(74)75/h3-5,12-13,18-21,39-43H,1-2,6-11,14-17,22-35H2,(H,56,66)(H,57,76)(H,59,67)(H,68,69)(H,70,71)(H,72,73)(H,74,75)(H,77,78)(H,79,80)(H,81,82)(H2,58,62,84)(H2,60,61,83). The number of hydrogen-bond donors (Lipinski definition) is 14. The molecule has 0 aromatic heterocycles. The van der Waals surface area contributed by atoms with Crippen LogP contribution in [-0.4, -0.2) is 217 Å². The first-order valence-corrected chi connectivity index (χ1v) is 28.2. The number of unbranched alkanes of at least 4 members (excludes halogenated alkanes) is 5. The summed E-state index contributed by atoms with van der Waals surface area (Å²) in [6, 6.07) is 10.1. The zero-order valence-corrected chi connectivity index (χ0v) is 47.7. The summed E-state index contributed by atoms with van der Waals surface area (Å²) in [7, 11) is 0. The van der Waals surface area contributed by atoms with Gasteiger partial charge in [0.05, 0.1) is 19.6 Å². The molecule has 28 nitrogen and oxygen atoms in total. The molecule has 0 saturated carbocycles. The van der Waals surface area contributed by atoms with Crippen molar-refractivity contribution in [2.24, 2.45) is 0 Å². The van der Waals surface area contributed by atoms with Gasteiger partial charge in [-0.05, 0) is 99.7 Å². The van der Waals surface area contributed by atoms with Crippen LogP contribution in [0.15, 0.2) is 54.6 Å². The Morgan fingerprint density at radius 1 is 0.488 bits per heavy atom. The van der Waals surface area contributed by atoms with Crippen LogP contribution < -0.4 is 37.2 Å². The lowest BCUT2D eigenvalue weighted by Gasteiger charge is -2.33. The van der Waals surface area contributed by atoms with Crippen molar-refractivity contribution >= 4 is 88.6 Å². The van der Waals surface area contributed by atoms with Crippen molar-refractivity contribution in [1.82, 2.24) is 46.6 Å². The van der Waals surface area contributed by atoms with Gasteiger partial charge in [0.1, 0.15) is 24.2 Å². The van der Waals surface area contributed by atoms with Crippen LogP contribution in [0.3, 0.4) is 0 Å². The van der Waals surface area contributed by atoms with Crippen LogP contribution in [0.1, 0.15) is 101 Å². The van der Waals surface area contributed by atoms with E-state index in [9.17, 15) is 83.4 Å². The molecule has 0 bridgehead atoms. The largest absolute Gasteiger partial charge is 0.481 e. The van der Waals surface area contributed by atoms with E-state index in [0.29, 0.717) is 70.0 Å². The summed E-state index contributed by atoms with van der Waals surface area (Å²) in [5.74, 6) is -9.51. The highest BCUT2D eigenvalue weighted by Crippen LogP contribution is 2.17. The van der Waals surface area contributed by atoms with Gasteiger partial charge in [-0.25, -0.2) is 19.2 Å². The highest BCUT2D eigenvalue weighted by atomic mass is 32.1. The molecule has 29 heteroatoms. The molecule has 0 aliphatic carbocycles. The van der Waals surface area contributed by atoms with E-state index < -0.39 is 96.8 Å². The Hall–Kier alpha value is -8.02. The van der Waals surface area contributed by atoms with Gasteiger partial charge in [0.15, 0.2) is 5.11 Å². The zero-order valence-electron chi connectivity index (χ0n) is 46.8. The van der Waals surface area contributed by atoms with Gasteiger partial charge in [0.25, 0.3) is 0 Å². The lowest BCUT2D eigenvalue weighted by molar-refractivity contribution is -0.142. The number of nitrogens with zero attached hydrogens (tertiary/aromatic N) is 3. The van der Waals surface area contributed by atoms with E-state index >= 15 is 0 Å². The molecule has 84 heavy (non-hydrogen) atoms.